The quantitative estimate of drug-likeness (QED) is 0.459. The van der Waals surface area contributed by atoms with E-state index >= 15 is 0 Å². The number of nitriles is 1. The smallest absolute Gasteiger partial charge is 0.260 e. The summed E-state index contributed by atoms with van der Waals surface area (Å²) in [7, 11) is 1.87. The molecule has 0 fully saturated rings. The van der Waals surface area contributed by atoms with Crippen LogP contribution in [0.1, 0.15) is 27.0 Å². The predicted molar refractivity (Wildman–Crippen MR) is 118 cm³/mol. The lowest BCUT2D eigenvalue weighted by atomic mass is 10.1. The van der Waals surface area contributed by atoms with E-state index in [2.05, 4.69) is 10.1 Å². The van der Waals surface area contributed by atoms with Crippen molar-refractivity contribution in [2.24, 2.45) is 7.05 Å². The summed E-state index contributed by atoms with van der Waals surface area (Å²) >= 11 is 0. The number of benzene rings is 2. The third-order valence-electron chi connectivity index (χ3n) is 5.47. The van der Waals surface area contributed by atoms with Crippen LogP contribution in [-0.4, -0.2) is 25.6 Å². The van der Waals surface area contributed by atoms with Gasteiger partial charge < -0.3 is 9.64 Å². The molecule has 7 nitrogen and oxygen atoms in total. The first-order valence-corrected chi connectivity index (χ1v) is 10.3. The van der Waals surface area contributed by atoms with E-state index in [0.717, 1.165) is 28.5 Å². The van der Waals surface area contributed by atoms with Crippen LogP contribution in [0.2, 0.25) is 0 Å². The van der Waals surface area contributed by atoms with Crippen LogP contribution in [0, 0.1) is 17.1 Å². The number of amides is 1. The van der Waals surface area contributed by atoms with Gasteiger partial charge in [0.05, 0.1) is 17.3 Å². The van der Waals surface area contributed by atoms with Crippen LogP contribution in [0.25, 0.3) is 11.3 Å². The molecule has 2 aromatic carbocycles. The van der Waals surface area contributed by atoms with Gasteiger partial charge in [-0.25, -0.2) is 9.37 Å². The lowest BCUT2D eigenvalue weighted by Crippen LogP contribution is -2.23. The van der Waals surface area contributed by atoms with E-state index < -0.39 is 5.82 Å². The number of nitrogens with zero attached hydrogens (tertiary/aromatic N) is 5. The summed E-state index contributed by atoms with van der Waals surface area (Å²) in [5, 5.41) is 13.3. The number of hydrogen-bond acceptors (Lipinski definition) is 5. The van der Waals surface area contributed by atoms with Crippen molar-refractivity contribution in [3.05, 3.63) is 95.1 Å². The maximum atomic E-state index is 14.3. The lowest BCUT2D eigenvalue weighted by Gasteiger charge is -2.16. The molecule has 1 amide bonds. The Morgan fingerprint density at radius 1 is 1.15 bits per heavy atom. The Kier molecular flexibility index (Phi) is 5.07. The molecule has 1 aliphatic rings. The second-order valence-electron chi connectivity index (χ2n) is 7.74. The van der Waals surface area contributed by atoms with Gasteiger partial charge in [-0.1, -0.05) is 24.3 Å². The number of halogens is 1. The van der Waals surface area contributed by atoms with Crippen molar-refractivity contribution in [2.45, 2.75) is 13.1 Å². The fraction of sp³-hybridized carbons (Fsp3) is 0.120. The maximum Gasteiger partial charge on any atom is 0.260 e. The van der Waals surface area contributed by atoms with Crippen LogP contribution in [0.5, 0.6) is 11.6 Å². The number of pyridine rings is 1. The van der Waals surface area contributed by atoms with Crippen molar-refractivity contribution in [2.75, 3.05) is 0 Å². The van der Waals surface area contributed by atoms with E-state index in [-0.39, 0.29) is 23.1 Å². The van der Waals surface area contributed by atoms with Crippen molar-refractivity contribution in [1.82, 2.24) is 19.7 Å². The number of aryl methyl sites for hydroxylation is 1. The lowest BCUT2D eigenvalue weighted by molar-refractivity contribution is 0.0764. The number of aromatic nitrogens is 3. The Morgan fingerprint density at radius 3 is 2.67 bits per heavy atom. The SMILES string of the molecule is Cn1ccc(-c2ccc(CN3Cc4ccnc(Oc5ccc(C#N)cc5F)c4C3=O)cc2)n1. The van der Waals surface area contributed by atoms with Gasteiger partial charge in [-0.3, -0.25) is 9.48 Å². The standard InChI is InChI=1S/C25H18FN5O2/c1-30-11-9-21(29-30)18-5-2-16(3-6-18)14-31-15-19-8-10-28-24(23(19)25(31)32)33-22-7-4-17(13-27)12-20(22)26/h2-12H,14-15H2,1H3. The summed E-state index contributed by atoms with van der Waals surface area (Å²) in [4.78, 5) is 19.0. The molecule has 3 heterocycles. The predicted octanol–water partition coefficient (Wildman–Crippen LogP) is 4.44. The zero-order valence-corrected chi connectivity index (χ0v) is 17.7. The normalized spacial score (nSPS) is 12.5. The van der Waals surface area contributed by atoms with Gasteiger partial charge in [-0.15, -0.1) is 0 Å². The van der Waals surface area contributed by atoms with E-state index in [1.807, 2.05) is 49.6 Å². The monoisotopic (exact) mass is 439 g/mol. The first-order chi connectivity index (χ1) is 16.0. The summed E-state index contributed by atoms with van der Waals surface area (Å²) in [5.74, 6) is -0.958. The third kappa shape index (κ3) is 3.92. The molecule has 0 bridgehead atoms. The highest BCUT2D eigenvalue weighted by atomic mass is 19.1. The van der Waals surface area contributed by atoms with Crippen molar-refractivity contribution >= 4 is 5.91 Å². The fourth-order valence-electron chi connectivity index (χ4n) is 3.81. The average molecular weight is 439 g/mol. The molecule has 1 aliphatic heterocycles. The van der Waals surface area contributed by atoms with E-state index in [0.29, 0.717) is 18.7 Å². The number of rotatable bonds is 5. The first-order valence-electron chi connectivity index (χ1n) is 10.3. The van der Waals surface area contributed by atoms with Gasteiger partial charge in [-0.2, -0.15) is 10.4 Å². The van der Waals surface area contributed by atoms with Gasteiger partial charge in [0.1, 0.15) is 5.56 Å². The highest BCUT2D eigenvalue weighted by Gasteiger charge is 2.32. The Bertz CT molecular complexity index is 1410. The molecule has 162 valence electrons. The van der Waals surface area contributed by atoms with Gasteiger partial charge in [0.25, 0.3) is 5.91 Å². The minimum atomic E-state index is -0.691. The maximum absolute atomic E-state index is 14.3. The summed E-state index contributed by atoms with van der Waals surface area (Å²) in [5.41, 5.74) is 4.14. The van der Waals surface area contributed by atoms with Gasteiger partial charge in [0.2, 0.25) is 5.88 Å². The Hall–Kier alpha value is -4.51. The Morgan fingerprint density at radius 2 is 1.97 bits per heavy atom. The van der Waals surface area contributed by atoms with Crippen LogP contribution >= 0.6 is 0 Å². The largest absolute Gasteiger partial charge is 0.435 e. The zero-order valence-electron chi connectivity index (χ0n) is 17.7. The minimum absolute atomic E-state index is 0.0501. The highest BCUT2D eigenvalue weighted by Crippen LogP contribution is 2.34. The van der Waals surface area contributed by atoms with E-state index in [1.165, 1.54) is 18.3 Å². The second kappa shape index (κ2) is 8.20. The van der Waals surface area contributed by atoms with Crippen LogP contribution in [-0.2, 0) is 20.1 Å². The molecule has 0 atom stereocenters. The highest BCUT2D eigenvalue weighted by molar-refractivity contribution is 6.00. The zero-order chi connectivity index (χ0) is 22.9. The molecule has 0 aliphatic carbocycles. The third-order valence-corrected chi connectivity index (χ3v) is 5.47. The first kappa shape index (κ1) is 20.4. The summed E-state index contributed by atoms with van der Waals surface area (Å²) in [6, 6.07) is 17.4. The molecule has 0 saturated heterocycles. The summed E-state index contributed by atoms with van der Waals surface area (Å²) in [6.45, 7) is 0.825. The number of fused-ring (bicyclic) bond motifs is 1. The molecule has 33 heavy (non-hydrogen) atoms. The Balaban J connectivity index is 1.35. The van der Waals surface area contributed by atoms with Gasteiger partial charge in [-0.05, 0) is 41.5 Å². The van der Waals surface area contributed by atoms with E-state index in [9.17, 15) is 9.18 Å². The molecule has 4 aromatic rings. The molecule has 0 N–H and O–H groups in total. The van der Waals surface area contributed by atoms with Crippen molar-refractivity contribution in [1.29, 1.82) is 5.26 Å². The number of ether oxygens (including phenoxy) is 1. The minimum Gasteiger partial charge on any atom is -0.435 e. The number of hydrogen-bond donors (Lipinski definition) is 0. The number of carbonyl (C=O) groups excluding carboxylic acids is 1. The molecule has 0 spiro atoms. The molecule has 8 heteroatoms. The van der Waals surface area contributed by atoms with Crippen molar-refractivity contribution < 1.29 is 13.9 Å². The second-order valence-corrected chi connectivity index (χ2v) is 7.74. The van der Waals surface area contributed by atoms with Gasteiger partial charge in [0, 0.05) is 38.1 Å². The number of carbonyl (C=O) groups is 1. The van der Waals surface area contributed by atoms with E-state index in [4.69, 9.17) is 10.00 Å². The van der Waals surface area contributed by atoms with Crippen LogP contribution in [0.15, 0.2) is 67.0 Å². The molecule has 5 rings (SSSR count). The van der Waals surface area contributed by atoms with Gasteiger partial charge in [0.15, 0.2) is 11.6 Å². The van der Waals surface area contributed by atoms with Crippen molar-refractivity contribution in [3.63, 3.8) is 0 Å². The molecule has 0 unspecified atom stereocenters. The van der Waals surface area contributed by atoms with Crippen LogP contribution in [0.3, 0.4) is 0 Å². The topological polar surface area (TPSA) is 84.0 Å². The van der Waals surface area contributed by atoms with Crippen molar-refractivity contribution in [3.8, 4) is 29.0 Å². The summed E-state index contributed by atoms with van der Waals surface area (Å²) in [6.07, 6.45) is 3.43. The van der Waals surface area contributed by atoms with Gasteiger partial charge >= 0.3 is 0 Å². The molecule has 0 saturated carbocycles. The fourth-order valence-corrected chi connectivity index (χ4v) is 3.81. The Labute approximate surface area is 189 Å². The molecule has 2 aromatic heterocycles. The molecular formula is C25H18FN5O2. The average Bonchev–Trinajstić information content (AvgIpc) is 3.39. The van der Waals surface area contributed by atoms with E-state index in [1.54, 1.807) is 15.6 Å². The molecular weight excluding hydrogens is 421 g/mol. The van der Waals surface area contributed by atoms with Crippen LogP contribution < -0.4 is 4.74 Å². The molecule has 0 radical (unpaired) electrons. The summed E-state index contributed by atoms with van der Waals surface area (Å²) < 4.78 is 21.7. The van der Waals surface area contributed by atoms with Crippen LogP contribution in [0.4, 0.5) is 4.39 Å².